The second kappa shape index (κ2) is 9.49. The highest BCUT2D eigenvalue weighted by Crippen LogP contribution is 2.47. The minimum absolute atomic E-state index is 0.343. The molecule has 160 valence electrons. The lowest BCUT2D eigenvalue weighted by molar-refractivity contribution is -0.152. The minimum atomic E-state index is -1.09. The van der Waals surface area contributed by atoms with Crippen LogP contribution in [0.5, 0.6) is 5.75 Å². The van der Waals surface area contributed by atoms with Crippen molar-refractivity contribution in [3.8, 4) is 5.75 Å². The lowest BCUT2D eigenvalue weighted by atomic mass is 10.1. The van der Waals surface area contributed by atoms with Gasteiger partial charge in [-0.1, -0.05) is 18.2 Å². The molecule has 6 nitrogen and oxygen atoms in total. The first-order valence-electron chi connectivity index (χ1n) is 9.54. The van der Waals surface area contributed by atoms with Gasteiger partial charge in [-0.2, -0.15) is 0 Å². The summed E-state index contributed by atoms with van der Waals surface area (Å²) in [5.74, 6) is -0.690. The van der Waals surface area contributed by atoms with Gasteiger partial charge in [0.15, 0.2) is 6.10 Å². The van der Waals surface area contributed by atoms with Crippen molar-refractivity contribution in [3.63, 3.8) is 0 Å². The number of ether oxygens (including phenoxy) is 2. The number of hydrogen-bond donors (Lipinski definition) is 0. The quantitative estimate of drug-likeness (QED) is 0.651. The Kier molecular flexibility index (Phi) is 6.99. The zero-order valence-corrected chi connectivity index (χ0v) is 18.2. The highest BCUT2D eigenvalue weighted by molar-refractivity contribution is 7.99. The van der Waals surface area contributed by atoms with Crippen LogP contribution in [0.2, 0.25) is 0 Å². The largest absolute Gasteiger partial charge is 0.497 e. The molecule has 0 aromatic heterocycles. The summed E-state index contributed by atoms with van der Waals surface area (Å²) in [6.07, 6.45) is -1.09. The van der Waals surface area contributed by atoms with Crippen molar-refractivity contribution in [3.05, 3.63) is 53.8 Å². The number of nitrogens with zero attached hydrogens (tertiary/aromatic N) is 2. The number of rotatable bonds is 6. The van der Waals surface area contributed by atoms with Gasteiger partial charge in [0.05, 0.1) is 22.9 Å². The van der Waals surface area contributed by atoms with E-state index >= 15 is 0 Å². The van der Waals surface area contributed by atoms with Crippen LogP contribution < -0.4 is 9.64 Å². The molecule has 2 aromatic carbocycles. The van der Waals surface area contributed by atoms with Gasteiger partial charge in [-0.05, 0) is 43.9 Å². The number of thioether (sulfide) groups is 1. The molecule has 1 amide bonds. The van der Waals surface area contributed by atoms with Crippen LogP contribution in [0.3, 0.4) is 0 Å². The Labute approximate surface area is 179 Å². The summed E-state index contributed by atoms with van der Waals surface area (Å²) in [5, 5.41) is -0.604. The number of anilines is 1. The minimum Gasteiger partial charge on any atom is -0.497 e. The lowest BCUT2D eigenvalue weighted by Gasteiger charge is -2.28. The predicted octanol–water partition coefficient (Wildman–Crippen LogP) is 3.51. The molecule has 0 saturated carbocycles. The normalized spacial score (nSPS) is 18.7. The molecule has 2 aromatic rings. The van der Waals surface area contributed by atoms with Crippen LogP contribution in [0, 0.1) is 5.82 Å². The molecule has 0 unspecified atom stereocenters. The van der Waals surface area contributed by atoms with Gasteiger partial charge in [0, 0.05) is 20.0 Å². The van der Waals surface area contributed by atoms with Crippen molar-refractivity contribution in [2.75, 3.05) is 39.2 Å². The molecule has 0 fully saturated rings. The van der Waals surface area contributed by atoms with Gasteiger partial charge < -0.3 is 19.3 Å². The molecule has 30 heavy (non-hydrogen) atoms. The van der Waals surface area contributed by atoms with Gasteiger partial charge in [-0.15, -0.1) is 11.8 Å². The van der Waals surface area contributed by atoms with Crippen LogP contribution in [-0.4, -0.2) is 57.2 Å². The smallest absolute Gasteiger partial charge is 0.303 e. The monoisotopic (exact) mass is 432 g/mol. The fourth-order valence-corrected chi connectivity index (χ4v) is 4.60. The Hall–Kier alpha value is -2.58. The molecule has 0 radical (unpaired) electrons. The van der Waals surface area contributed by atoms with E-state index in [1.165, 1.54) is 29.7 Å². The van der Waals surface area contributed by atoms with Crippen molar-refractivity contribution < 1.29 is 23.5 Å². The first-order chi connectivity index (χ1) is 14.3. The molecule has 1 aliphatic heterocycles. The maximum Gasteiger partial charge on any atom is 0.303 e. The standard InChI is InChI=1S/C22H25FN2O4S/c1-14(26)29-19-20(15-8-10-16(28-4)11-9-15)30-21-17(23)6-5-7-18(21)25(22(19)27)13-12-24(2)3/h5-11,19-20H,12-13H2,1-4H3/t19-,20+/m0/s1. The third-order valence-corrected chi connectivity index (χ3v) is 6.19. The Morgan fingerprint density at radius 3 is 2.50 bits per heavy atom. The summed E-state index contributed by atoms with van der Waals surface area (Å²) in [6, 6.07) is 11.8. The van der Waals surface area contributed by atoms with Crippen molar-refractivity contribution >= 4 is 29.3 Å². The number of amides is 1. The highest BCUT2D eigenvalue weighted by atomic mass is 32.2. The number of halogens is 1. The van der Waals surface area contributed by atoms with E-state index in [0.717, 1.165) is 5.56 Å². The number of benzene rings is 2. The van der Waals surface area contributed by atoms with Gasteiger partial charge >= 0.3 is 5.97 Å². The number of fused-ring (bicyclic) bond motifs is 1. The summed E-state index contributed by atoms with van der Waals surface area (Å²) >= 11 is 1.19. The summed E-state index contributed by atoms with van der Waals surface area (Å²) in [7, 11) is 5.36. The Balaban J connectivity index is 2.11. The van der Waals surface area contributed by atoms with Crippen LogP contribution in [0.4, 0.5) is 10.1 Å². The summed E-state index contributed by atoms with van der Waals surface area (Å²) in [5.41, 5.74) is 1.23. The van der Waals surface area contributed by atoms with Gasteiger partial charge in [0.25, 0.3) is 5.91 Å². The van der Waals surface area contributed by atoms with E-state index in [1.54, 1.807) is 43.5 Å². The Bertz CT molecular complexity index is 920. The molecular weight excluding hydrogens is 407 g/mol. The molecular formula is C22H25FN2O4S. The van der Waals surface area contributed by atoms with Crippen LogP contribution >= 0.6 is 11.8 Å². The average molecular weight is 433 g/mol. The first-order valence-corrected chi connectivity index (χ1v) is 10.4. The number of methoxy groups -OCH3 is 1. The number of carbonyl (C=O) groups is 2. The third kappa shape index (κ3) is 4.76. The van der Waals surface area contributed by atoms with E-state index in [2.05, 4.69) is 0 Å². The lowest BCUT2D eigenvalue weighted by Crippen LogP contribution is -2.45. The fourth-order valence-electron chi connectivity index (χ4n) is 3.28. The fraction of sp³-hybridized carbons (Fsp3) is 0.364. The molecule has 0 saturated heterocycles. The van der Waals surface area contributed by atoms with Gasteiger partial charge in [-0.3, -0.25) is 9.59 Å². The Morgan fingerprint density at radius 1 is 1.20 bits per heavy atom. The van der Waals surface area contributed by atoms with E-state index in [9.17, 15) is 14.0 Å². The van der Waals surface area contributed by atoms with Gasteiger partial charge in [0.1, 0.15) is 11.6 Å². The molecule has 2 atom stereocenters. The van der Waals surface area contributed by atoms with E-state index in [-0.39, 0.29) is 5.91 Å². The van der Waals surface area contributed by atoms with Crippen molar-refractivity contribution in [1.82, 2.24) is 4.90 Å². The molecule has 3 rings (SSSR count). The van der Waals surface area contributed by atoms with Crippen LogP contribution in [0.15, 0.2) is 47.4 Å². The van der Waals surface area contributed by atoms with E-state index < -0.39 is 23.1 Å². The first kappa shape index (κ1) is 22.1. The Morgan fingerprint density at radius 2 is 1.90 bits per heavy atom. The SMILES string of the molecule is COc1ccc([C@H]2Sc3c(F)cccc3N(CCN(C)C)C(=O)[C@H]2OC(C)=O)cc1. The van der Waals surface area contributed by atoms with Crippen LogP contribution in [0.25, 0.3) is 0 Å². The maximum atomic E-state index is 14.9. The van der Waals surface area contributed by atoms with Crippen molar-refractivity contribution in [1.29, 1.82) is 0 Å². The second-order valence-electron chi connectivity index (χ2n) is 7.22. The zero-order chi connectivity index (χ0) is 21.8. The van der Waals surface area contributed by atoms with E-state index in [1.807, 2.05) is 19.0 Å². The van der Waals surface area contributed by atoms with Crippen molar-refractivity contribution in [2.24, 2.45) is 0 Å². The van der Waals surface area contributed by atoms with Crippen molar-refractivity contribution in [2.45, 2.75) is 23.2 Å². The molecule has 0 N–H and O–H groups in total. The van der Waals surface area contributed by atoms with Crippen LogP contribution in [0.1, 0.15) is 17.7 Å². The van der Waals surface area contributed by atoms with Gasteiger partial charge in [0.2, 0.25) is 0 Å². The predicted molar refractivity (Wildman–Crippen MR) is 114 cm³/mol. The third-order valence-electron chi connectivity index (χ3n) is 4.77. The van der Waals surface area contributed by atoms with Crippen LogP contribution in [-0.2, 0) is 14.3 Å². The summed E-state index contributed by atoms with van der Waals surface area (Å²) in [6.45, 7) is 2.19. The highest BCUT2D eigenvalue weighted by Gasteiger charge is 2.41. The van der Waals surface area contributed by atoms with E-state index in [0.29, 0.717) is 29.4 Å². The van der Waals surface area contributed by atoms with Gasteiger partial charge in [-0.25, -0.2) is 4.39 Å². The zero-order valence-electron chi connectivity index (χ0n) is 17.4. The molecule has 1 heterocycles. The average Bonchev–Trinajstić information content (AvgIpc) is 2.82. The number of esters is 1. The molecule has 0 bridgehead atoms. The molecule has 0 aliphatic carbocycles. The van der Waals surface area contributed by atoms with E-state index in [4.69, 9.17) is 9.47 Å². The second-order valence-corrected chi connectivity index (χ2v) is 8.37. The maximum absolute atomic E-state index is 14.9. The molecule has 0 spiro atoms. The topological polar surface area (TPSA) is 59.1 Å². The summed E-state index contributed by atoms with van der Waals surface area (Å²) in [4.78, 5) is 29.2. The number of carbonyl (C=O) groups excluding carboxylic acids is 2. The number of hydrogen-bond acceptors (Lipinski definition) is 6. The molecule has 8 heteroatoms. The number of likely N-dealkylation sites (N-methyl/N-ethyl adjacent to an activating group) is 1. The summed E-state index contributed by atoms with van der Waals surface area (Å²) < 4.78 is 25.6. The molecule has 1 aliphatic rings.